The van der Waals surface area contributed by atoms with Gasteiger partial charge in [-0.15, -0.1) is 0 Å². The molecule has 0 radical (unpaired) electrons. The van der Waals surface area contributed by atoms with E-state index in [-0.39, 0.29) is 5.91 Å². The molecule has 3 rings (SSSR count). The van der Waals surface area contributed by atoms with Gasteiger partial charge < -0.3 is 19.7 Å². The van der Waals surface area contributed by atoms with E-state index in [9.17, 15) is 9.59 Å². The summed E-state index contributed by atoms with van der Waals surface area (Å²) in [5.74, 6) is -0.627. The number of morpholine rings is 1. The van der Waals surface area contributed by atoms with Crippen LogP contribution in [0.1, 0.15) is 27.6 Å². The largest absolute Gasteiger partial charge is 0.462 e. The number of rotatable bonds is 5. The van der Waals surface area contributed by atoms with E-state index in [1.807, 2.05) is 12.1 Å². The van der Waals surface area contributed by atoms with E-state index in [1.54, 1.807) is 43.3 Å². The Morgan fingerprint density at radius 1 is 1.08 bits per heavy atom. The normalized spacial score (nSPS) is 14.0. The number of carbonyl (C=O) groups is 2. The minimum atomic E-state index is -0.404. The molecule has 1 saturated heterocycles. The van der Waals surface area contributed by atoms with Crippen molar-refractivity contribution in [2.24, 2.45) is 0 Å². The van der Waals surface area contributed by atoms with Crippen LogP contribution in [0.5, 0.6) is 0 Å². The molecule has 136 valence electrons. The maximum absolute atomic E-state index is 12.4. The Bertz CT molecular complexity index is 768. The molecule has 0 spiro atoms. The molecule has 26 heavy (non-hydrogen) atoms. The van der Waals surface area contributed by atoms with Crippen LogP contribution in [0.15, 0.2) is 48.5 Å². The van der Waals surface area contributed by atoms with Crippen LogP contribution in [0, 0.1) is 0 Å². The molecule has 0 aliphatic carbocycles. The van der Waals surface area contributed by atoms with Crippen molar-refractivity contribution < 1.29 is 19.1 Å². The molecular formula is C20H22N2O4. The van der Waals surface area contributed by atoms with E-state index in [1.165, 1.54) is 0 Å². The highest BCUT2D eigenvalue weighted by molar-refractivity contribution is 6.05. The number of nitrogens with one attached hydrogen (secondary N) is 1. The summed E-state index contributed by atoms with van der Waals surface area (Å²) >= 11 is 0. The van der Waals surface area contributed by atoms with Crippen molar-refractivity contribution in [1.29, 1.82) is 0 Å². The highest BCUT2D eigenvalue weighted by Gasteiger charge is 2.13. The van der Waals surface area contributed by atoms with Crippen LogP contribution >= 0.6 is 0 Å². The van der Waals surface area contributed by atoms with E-state index in [0.717, 1.165) is 32.0 Å². The first-order valence-electron chi connectivity index (χ1n) is 8.68. The number of hydrogen-bond acceptors (Lipinski definition) is 5. The van der Waals surface area contributed by atoms with Crippen LogP contribution < -0.4 is 10.2 Å². The monoisotopic (exact) mass is 354 g/mol. The van der Waals surface area contributed by atoms with E-state index in [4.69, 9.17) is 9.47 Å². The molecule has 0 saturated carbocycles. The molecule has 6 heteroatoms. The van der Waals surface area contributed by atoms with Gasteiger partial charge in [0.15, 0.2) is 0 Å². The second-order valence-electron chi connectivity index (χ2n) is 5.90. The fourth-order valence-electron chi connectivity index (χ4n) is 2.79. The molecule has 1 amide bonds. The Balaban J connectivity index is 1.66. The quantitative estimate of drug-likeness (QED) is 0.836. The number of esters is 1. The second kappa shape index (κ2) is 8.49. The van der Waals surface area contributed by atoms with Crippen molar-refractivity contribution in [2.75, 3.05) is 43.1 Å². The molecule has 1 heterocycles. The number of nitrogens with zero attached hydrogens (tertiary/aromatic N) is 1. The second-order valence-corrected chi connectivity index (χ2v) is 5.90. The summed E-state index contributed by atoms with van der Waals surface area (Å²) in [6, 6.07) is 14.2. The number of hydrogen-bond donors (Lipinski definition) is 1. The van der Waals surface area contributed by atoms with Crippen molar-refractivity contribution in [3.63, 3.8) is 0 Å². The number of anilines is 2. The molecule has 0 bridgehead atoms. The fraction of sp³-hybridized carbons (Fsp3) is 0.300. The van der Waals surface area contributed by atoms with Gasteiger partial charge >= 0.3 is 5.97 Å². The predicted molar refractivity (Wildman–Crippen MR) is 99.8 cm³/mol. The molecule has 1 N–H and O–H groups in total. The number of ether oxygens (including phenoxy) is 2. The van der Waals surface area contributed by atoms with E-state index in [2.05, 4.69) is 10.2 Å². The fourth-order valence-corrected chi connectivity index (χ4v) is 2.79. The first-order chi connectivity index (χ1) is 12.7. The molecule has 2 aromatic carbocycles. The summed E-state index contributed by atoms with van der Waals surface area (Å²) in [6.07, 6.45) is 0. The lowest BCUT2D eigenvalue weighted by Gasteiger charge is -2.28. The van der Waals surface area contributed by atoms with Gasteiger partial charge in [-0.2, -0.15) is 0 Å². The Kier molecular flexibility index (Phi) is 5.86. The average molecular weight is 354 g/mol. The van der Waals surface area contributed by atoms with Gasteiger partial charge in [-0.3, -0.25) is 4.79 Å². The highest BCUT2D eigenvalue weighted by Crippen LogP contribution is 2.18. The number of benzene rings is 2. The van der Waals surface area contributed by atoms with E-state index in [0.29, 0.717) is 23.4 Å². The first-order valence-corrected chi connectivity index (χ1v) is 8.68. The molecule has 1 aliphatic rings. The van der Waals surface area contributed by atoms with Crippen LogP contribution in [-0.2, 0) is 9.47 Å². The third-order valence-electron chi connectivity index (χ3n) is 4.14. The van der Waals surface area contributed by atoms with Gasteiger partial charge in [0.25, 0.3) is 5.91 Å². The maximum Gasteiger partial charge on any atom is 0.338 e. The van der Waals surface area contributed by atoms with E-state index >= 15 is 0 Å². The van der Waals surface area contributed by atoms with Crippen LogP contribution in [0.3, 0.4) is 0 Å². The highest BCUT2D eigenvalue weighted by atomic mass is 16.5. The molecular weight excluding hydrogens is 332 g/mol. The van der Waals surface area contributed by atoms with E-state index < -0.39 is 5.97 Å². The van der Waals surface area contributed by atoms with Gasteiger partial charge in [0.2, 0.25) is 0 Å². The molecule has 1 fully saturated rings. The van der Waals surface area contributed by atoms with Gasteiger partial charge in [0.05, 0.1) is 25.4 Å². The molecule has 2 aromatic rings. The maximum atomic E-state index is 12.4. The SMILES string of the molecule is CCOC(=O)c1cccc(NC(=O)c2ccc(N3CCOCC3)cc2)c1. The van der Waals surface area contributed by atoms with Crippen molar-refractivity contribution in [1.82, 2.24) is 0 Å². The summed E-state index contributed by atoms with van der Waals surface area (Å²) in [5.41, 5.74) is 2.60. The van der Waals surface area contributed by atoms with Gasteiger partial charge in [0, 0.05) is 30.0 Å². The number of amides is 1. The molecule has 1 aliphatic heterocycles. The third-order valence-corrected chi connectivity index (χ3v) is 4.14. The molecule has 0 aromatic heterocycles. The summed E-state index contributed by atoms with van der Waals surface area (Å²) in [4.78, 5) is 26.5. The van der Waals surface area contributed by atoms with Gasteiger partial charge in [0.1, 0.15) is 0 Å². The number of carbonyl (C=O) groups excluding carboxylic acids is 2. The lowest BCUT2D eigenvalue weighted by atomic mass is 10.1. The van der Waals surface area contributed by atoms with Crippen molar-refractivity contribution in [3.05, 3.63) is 59.7 Å². The minimum absolute atomic E-state index is 0.223. The van der Waals surface area contributed by atoms with Crippen LogP contribution in [0.25, 0.3) is 0 Å². The molecule has 0 atom stereocenters. The first kappa shape index (κ1) is 17.9. The van der Waals surface area contributed by atoms with Gasteiger partial charge in [-0.1, -0.05) is 6.07 Å². The lowest BCUT2D eigenvalue weighted by Crippen LogP contribution is -2.36. The van der Waals surface area contributed by atoms with Crippen LogP contribution in [0.2, 0.25) is 0 Å². The van der Waals surface area contributed by atoms with Gasteiger partial charge in [-0.25, -0.2) is 4.79 Å². The minimum Gasteiger partial charge on any atom is -0.462 e. The average Bonchev–Trinajstić information content (AvgIpc) is 2.69. The van der Waals surface area contributed by atoms with Crippen LogP contribution in [0.4, 0.5) is 11.4 Å². The third kappa shape index (κ3) is 4.40. The topological polar surface area (TPSA) is 67.9 Å². The molecule has 6 nitrogen and oxygen atoms in total. The smallest absolute Gasteiger partial charge is 0.338 e. The zero-order valence-electron chi connectivity index (χ0n) is 14.7. The van der Waals surface area contributed by atoms with Crippen molar-refractivity contribution in [3.8, 4) is 0 Å². The zero-order chi connectivity index (χ0) is 18.4. The molecule has 0 unspecified atom stereocenters. The summed E-state index contributed by atoms with van der Waals surface area (Å²) in [7, 11) is 0. The lowest BCUT2D eigenvalue weighted by molar-refractivity contribution is 0.0526. The van der Waals surface area contributed by atoms with Crippen molar-refractivity contribution >= 4 is 23.3 Å². The summed E-state index contributed by atoms with van der Waals surface area (Å²) < 4.78 is 10.3. The van der Waals surface area contributed by atoms with Gasteiger partial charge in [-0.05, 0) is 49.4 Å². The predicted octanol–water partition coefficient (Wildman–Crippen LogP) is 2.95. The Morgan fingerprint density at radius 3 is 2.50 bits per heavy atom. The Morgan fingerprint density at radius 2 is 1.81 bits per heavy atom. The zero-order valence-corrected chi connectivity index (χ0v) is 14.7. The van der Waals surface area contributed by atoms with Crippen molar-refractivity contribution in [2.45, 2.75) is 6.92 Å². The summed E-state index contributed by atoms with van der Waals surface area (Å²) in [5, 5.41) is 2.81. The Labute approximate surface area is 152 Å². The van der Waals surface area contributed by atoms with Crippen LogP contribution in [-0.4, -0.2) is 44.8 Å². The summed E-state index contributed by atoms with van der Waals surface area (Å²) in [6.45, 7) is 5.21. The standard InChI is InChI=1S/C20H22N2O4/c1-2-26-20(24)16-4-3-5-17(14-16)21-19(23)15-6-8-18(9-7-15)22-10-12-25-13-11-22/h3-9,14H,2,10-13H2,1H3,(H,21,23). The Hall–Kier alpha value is -2.86.